The largest absolute Gasteiger partial charge is 0.466 e. The molecule has 0 aromatic rings. The molecule has 0 aliphatic rings. The normalized spacial score (nSPS) is 11.1. The van der Waals surface area contributed by atoms with Crippen LogP contribution < -0.4 is 10.6 Å². The van der Waals surface area contributed by atoms with Gasteiger partial charge in [0.1, 0.15) is 0 Å². The summed E-state index contributed by atoms with van der Waals surface area (Å²) in [5, 5.41) is 12.8. The van der Waals surface area contributed by atoms with E-state index < -0.39 is 5.54 Å². The van der Waals surface area contributed by atoms with Crippen molar-refractivity contribution in [2.45, 2.75) is 116 Å². The molecule has 0 aliphatic heterocycles. The Morgan fingerprint density at radius 2 is 1.28 bits per heavy atom. The van der Waals surface area contributed by atoms with Crippen LogP contribution in [0.15, 0.2) is 0 Å². The highest BCUT2D eigenvalue weighted by atomic mass is 16.5. The highest BCUT2D eigenvalue weighted by molar-refractivity contribution is 5.80. The molecule has 0 radical (unpaired) electrons. The molecule has 0 saturated carbocycles. The number of hydrogen-bond donors (Lipinski definition) is 3. The summed E-state index contributed by atoms with van der Waals surface area (Å²) in [6.45, 7) is 6.63. The van der Waals surface area contributed by atoms with Crippen LogP contribution in [-0.4, -0.2) is 36.9 Å². The fourth-order valence-electron chi connectivity index (χ4n) is 3.15. The van der Waals surface area contributed by atoms with Crippen LogP contribution in [-0.2, 0) is 9.53 Å². The molecule has 0 fully saturated rings. The molecule has 0 aromatic carbocycles. The molecule has 6 heteroatoms. The molecule has 0 rings (SSSR count). The van der Waals surface area contributed by atoms with Gasteiger partial charge in [-0.25, -0.2) is 4.79 Å². The Labute approximate surface area is 178 Å². The second kappa shape index (κ2) is 18.4. The van der Waals surface area contributed by atoms with Gasteiger partial charge in [0.05, 0.1) is 12.1 Å². The first kappa shape index (κ1) is 27.4. The maximum Gasteiger partial charge on any atom is 0.315 e. The van der Waals surface area contributed by atoms with Gasteiger partial charge in [-0.3, -0.25) is 4.79 Å². The van der Waals surface area contributed by atoms with E-state index in [9.17, 15) is 9.59 Å². The van der Waals surface area contributed by atoms with Gasteiger partial charge in [0.15, 0.2) is 0 Å². The Hall–Kier alpha value is -1.59. The molecule has 3 N–H and O–H groups in total. The average molecular weight is 412 g/mol. The summed E-state index contributed by atoms with van der Waals surface area (Å²) in [6, 6.07) is -0.197. The van der Waals surface area contributed by atoms with E-state index in [1.54, 1.807) is 13.8 Å². The van der Waals surface area contributed by atoms with Crippen LogP contribution in [0.25, 0.3) is 0 Å². The molecule has 0 bridgehead atoms. The minimum absolute atomic E-state index is 0.0580. The summed E-state index contributed by atoms with van der Waals surface area (Å²) in [4.78, 5) is 22.9. The molecule has 0 spiro atoms. The quantitative estimate of drug-likeness (QED) is 0.144. The summed E-state index contributed by atoms with van der Waals surface area (Å²) in [6.07, 6.45) is 17.7. The lowest BCUT2D eigenvalue weighted by Gasteiger charge is -2.20. The Morgan fingerprint density at radius 3 is 1.72 bits per heavy atom. The minimum atomic E-state index is -0.589. The van der Waals surface area contributed by atoms with Crippen LogP contribution in [0.3, 0.4) is 0 Å². The zero-order valence-corrected chi connectivity index (χ0v) is 19.1. The number of carbonyl (C=O) groups is 2. The molecular weight excluding hydrogens is 366 g/mol. The van der Waals surface area contributed by atoms with Gasteiger partial charge >= 0.3 is 12.0 Å². The van der Waals surface area contributed by atoms with Gasteiger partial charge in [-0.15, -0.1) is 0 Å². The Kier molecular flexibility index (Phi) is 17.4. The molecular formula is C23H45N3O3. The van der Waals surface area contributed by atoms with E-state index in [0.29, 0.717) is 19.6 Å². The number of hydrogen-bond acceptors (Lipinski definition) is 4. The molecule has 0 atom stereocenters. The molecule has 0 aromatic heterocycles. The lowest BCUT2D eigenvalue weighted by atomic mass is 10.0. The summed E-state index contributed by atoms with van der Waals surface area (Å²) in [5.41, 5.74) is -0.589. The highest BCUT2D eigenvalue weighted by Gasteiger charge is 2.16. The van der Waals surface area contributed by atoms with Gasteiger partial charge < -0.3 is 20.8 Å². The Balaban J connectivity index is 3.23. The lowest BCUT2D eigenvalue weighted by Crippen LogP contribution is -2.49. The predicted octanol–water partition coefficient (Wildman–Crippen LogP) is 5.74. The van der Waals surface area contributed by atoms with Crippen molar-refractivity contribution in [2.24, 2.45) is 0 Å². The van der Waals surface area contributed by atoms with Gasteiger partial charge in [-0.1, -0.05) is 70.6 Å². The zero-order valence-electron chi connectivity index (χ0n) is 19.1. The topological polar surface area (TPSA) is 91.3 Å². The smallest absolute Gasteiger partial charge is 0.315 e. The standard InChI is InChI=1S/C23H45N3O3/c1-4-29-21(27)18-16-14-12-10-8-6-5-7-9-11-13-15-17-19-25-22(28)26-23(2,3)20-24/h20,24H,4-19H2,1-3H3,(H2,25,26,28). The van der Waals surface area contributed by atoms with Crippen molar-refractivity contribution in [3.05, 3.63) is 0 Å². The molecule has 6 nitrogen and oxygen atoms in total. The van der Waals surface area contributed by atoms with Gasteiger partial charge in [0, 0.05) is 19.2 Å². The molecule has 0 unspecified atom stereocenters. The first-order chi connectivity index (χ1) is 13.9. The minimum Gasteiger partial charge on any atom is -0.466 e. The number of carbonyl (C=O) groups excluding carboxylic acids is 2. The van der Waals surface area contributed by atoms with Crippen molar-refractivity contribution in [3.8, 4) is 0 Å². The zero-order chi connectivity index (χ0) is 21.8. The van der Waals surface area contributed by atoms with Crippen LogP contribution in [0, 0.1) is 5.41 Å². The Bertz CT molecular complexity index is 439. The molecule has 0 heterocycles. The summed E-state index contributed by atoms with van der Waals surface area (Å²) in [5.74, 6) is -0.0580. The number of nitrogens with one attached hydrogen (secondary N) is 3. The van der Waals surface area contributed by atoms with E-state index >= 15 is 0 Å². The van der Waals surface area contributed by atoms with Gasteiger partial charge in [0.25, 0.3) is 0 Å². The van der Waals surface area contributed by atoms with Crippen LogP contribution >= 0.6 is 0 Å². The van der Waals surface area contributed by atoms with Crippen LogP contribution in [0.5, 0.6) is 0 Å². The summed E-state index contributed by atoms with van der Waals surface area (Å²) in [7, 11) is 0. The van der Waals surface area contributed by atoms with Crippen molar-refractivity contribution >= 4 is 18.2 Å². The second-order valence-electron chi connectivity index (χ2n) is 8.40. The maximum absolute atomic E-state index is 11.7. The predicted molar refractivity (Wildman–Crippen MR) is 121 cm³/mol. The van der Waals surface area contributed by atoms with E-state index in [2.05, 4.69) is 10.6 Å². The number of amides is 2. The van der Waals surface area contributed by atoms with Crippen molar-refractivity contribution < 1.29 is 14.3 Å². The number of urea groups is 1. The number of esters is 1. The van der Waals surface area contributed by atoms with Gasteiger partial charge in [-0.2, -0.15) is 0 Å². The molecule has 2 amide bonds. The first-order valence-electron chi connectivity index (χ1n) is 11.6. The SMILES string of the molecule is CCOC(=O)CCCCCCCCCCCCCCCNC(=O)NC(C)(C)C=N. The third kappa shape index (κ3) is 19.5. The summed E-state index contributed by atoms with van der Waals surface area (Å²) < 4.78 is 4.93. The van der Waals surface area contributed by atoms with Crippen molar-refractivity contribution in [1.29, 1.82) is 5.41 Å². The van der Waals surface area contributed by atoms with E-state index in [1.165, 1.54) is 64.0 Å². The van der Waals surface area contributed by atoms with Crippen LogP contribution in [0.2, 0.25) is 0 Å². The molecule has 0 saturated heterocycles. The summed E-state index contributed by atoms with van der Waals surface area (Å²) >= 11 is 0. The molecule has 0 aliphatic carbocycles. The molecule has 29 heavy (non-hydrogen) atoms. The fourth-order valence-corrected chi connectivity index (χ4v) is 3.15. The maximum atomic E-state index is 11.7. The fraction of sp³-hybridized carbons (Fsp3) is 0.870. The van der Waals surface area contributed by atoms with Crippen LogP contribution in [0.1, 0.15) is 111 Å². The van der Waals surface area contributed by atoms with Crippen molar-refractivity contribution in [1.82, 2.24) is 10.6 Å². The monoisotopic (exact) mass is 411 g/mol. The van der Waals surface area contributed by atoms with Crippen molar-refractivity contribution in [2.75, 3.05) is 13.2 Å². The lowest BCUT2D eigenvalue weighted by molar-refractivity contribution is -0.143. The average Bonchev–Trinajstić information content (AvgIpc) is 2.67. The van der Waals surface area contributed by atoms with Gasteiger partial charge in [-0.05, 0) is 33.6 Å². The number of rotatable bonds is 19. The number of ether oxygens (including phenoxy) is 1. The van der Waals surface area contributed by atoms with E-state index in [0.717, 1.165) is 25.7 Å². The highest BCUT2D eigenvalue weighted by Crippen LogP contribution is 2.13. The van der Waals surface area contributed by atoms with Crippen LogP contribution in [0.4, 0.5) is 4.79 Å². The van der Waals surface area contributed by atoms with E-state index in [4.69, 9.17) is 10.1 Å². The third-order valence-corrected chi connectivity index (χ3v) is 4.95. The van der Waals surface area contributed by atoms with Gasteiger partial charge in [0.2, 0.25) is 0 Å². The third-order valence-electron chi connectivity index (χ3n) is 4.95. The Morgan fingerprint density at radius 1 is 0.828 bits per heavy atom. The number of unbranched alkanes of at least 4 members (excludes halogenated alkanes) is 12. The molecule has 170 valence electrons. The van der Waals surface area contributed by atoms with Crippen molar-refractivity contribution in [3.63, 3.8) is 0 Å². The first-order valence-corrected chi connectivity index (χ1v) is 11.6. The second-order valence-corrected chi connectivity index (χ2v) is 8.40. The van der Waals surface area contributed by atoms with E-state index in [-0.39, 0.29) is 12.0 Å². The van der Waals surface area contributed by atoms with E-state index in [1.807, 2.05) is 6.92 Å².